The summed E-state index contributed by atoms with van der Waals surface area (Å²) in [5.41, 5.74) is 8.27. The zero-order chi connectivity index (χ0) is 13.6. The normalized spacial score (nSPS) is 11.3. The number of pyridine rings is 1. The highest BCUT2D eigenvalue weighted by molar-refractivity contribution is 9.10. The third-order valence-electron chi connectivity index (χ3n) is 2.95. The zero-order valence-corrected chi connectivity index (χ0v) is 12.1. The van der Waals surface area contributed by atoms with Gasteiger partial charge in [0.05, 0.1) is 5.69 Å². The van der Waals surface area contributed by atoms with Gasteiger partial charge in [-0.15, -0.1) is 0 Å². The van der Waals surface area contributed by atoms with E-state index in [4.69, 9.17) is 10.2 Å². The first-order chi connectivity index (χ1) is 9.04. The molecule has 6 nitrogen and oxygen atoms in total. The number of rotatable bonds is 2. The quantitative estimate of drug-likeness (QED) is 0.783. The molecule has 0 saturated carbocycles. The molecule has 0 atom stereocenters. The Bertz CT molecular complexity index is 741. The lowest BCUT2D eigenvalue weighted by Gasteiger charge is -2.02. The highest BCUT2D eigenvalue weighted by Gasteiger charge is 2.13. The molecular formula is C12H12BrN5O. The van der Waals surface area contributed by atoms with E-state index in [1.54, 1.807) is 10.8 Å². The summed E-state index contributed by atoms with van der Waals surface area (Å²) in [6.45, 7) is 4.22. The number of fused-ring (bicyclic) bond motifs is 1. The summed E-state index contributed by atoms with van der Waals surface area (Å²) in [5.74, 6) is 1.81. The molecule has 98 valence electrons. The van der Waals surface area contributed by atoms with Gasteiger partial charge in [0.1, 0.15) is 17.8 Å². The average Bonchev–Trinajstić information content (AvgIpc) is 2.81. The van der Waals surface area contributed by atoms with Crippen LogP contribution in [0.4, 0.5) is 5.95 Å². The molecule has 3 rings (SSSR count). The van der Waals surface area contributed by atoms with Crippen molar-refractivity contribution in [2.75, 3.05) is 5.73 Å². The molecule has 19 heavy (non-hydrogen) atoms. The van der Waals surface area contributed by atoms with Crippen molar-refractivity contribution in [1.82, 2.24) is 19.5 Å². The van der Waals surface area contributed by atoms with Crippen molar-refractivity contribution in [3.63, 3.8) is 0 Å². The maximum Gasteiger partial charge on any atom is 0.214 e. The van der Waals surface area contributed by atoms with Crippen LogP contribution in [0.25, 0.3) is 11.2 Å². The van der Waals surface area contributed by atoms with Crippen molar-refractivity contribution >= 4 is 33.0 Å². The molecule has 0 radical (unpaired) electrons. The Morgan fingerprint density at radius 1 is 1.37 bits per heavy atom. The Hall–Kier alpha value is -1.89. The predicted octanol–water partition coefficient (Wildman–Crippen LogP) is 2.43. The van der Waals surface area contributed by atoms with Gasteiger partial charge in [0.15, 0.2) is 5.65 Å². The average molecular weight is 322 g/mol. The number of anilines is 1. The lowest BCUT2D eigenvalue weighted by molar-refractivity contribution is 0.460. The van der Waals surface area contributed by atoms with Gasteiger partial charge in [0, 0.05) is 10.7 Å². The lowest BCUT2D eigenvalue weighted by Crippen LogP contribution is -2.05. The van der Waals surface area contributed by atoms with Crippen molar-refractivity contribution in [3.8, 4) is 0 Å². The molecule has 0 bridgehead atoms. The fourth-order valence-corrected chi connectivity index (χ4v) is 2.22. The second kappa shape index (κ2) is 4.34. The standard InChI is InChI=1S/C12H12BrN5O/c1-6-7(2)19-10(16-6)5-18-11-9(17-12(18)14)3-8(13)4-15-11/h3-4H,5H2,1-2H3,(H2,14,17). The van der Waals surface area contributed by atoms with E-state index < -0.39 is 0 Å². The SMILES string of the molecule is Cc1nc(Cn2c(N)nc3cc(Br)cnc32)oc1C. The van der Waals surface area contributed by atoms with Gasteiger partial charge < -0.3 is 10.2 Å². The topological polar surface area (TPSA) is 82.8 Å². The lowest BCUT2D eigenvalue weighted by atomic mass is 10.4. The van der Waals surface area contributed by atoms with Crippen LogP contribution in [0.15, 0.2) is 21.2 Å². The number of imidazole rings is 1. The minimum Gasteiger partial charge on any atom is -0.444 e. The summed E-state index contributed by atoms with van der Waals surface area (Å²) in [6, 6.07) is 1.88. The van der Waals surface area contributed by atoms with Crippen molar-refractivity contribution in [1.29, 1.82) is 0 Å². The van der Waals surface area contributed by atoms with E-state index in [2.05, 4.69) is 30.9 Å². The Labute approximate surface area is 117 Å². The summed E-state index contributed by atoms with van der Waals surface area (Å²) in [4.78, 5) is 13.0. The highest BCUT2D eigenvalue weighted by atomic mass is 79.9. The second-order valence-corrected chi connectivity index (χ2v) is 5.22. The number of halogens is 1. The van der Waals surface area contributed by atoms with Crippen LogP contribution in [0.3, 0.4) is 0 Å². The molecule has 0 amide bonds. The van der Waals surface area contributed by atoms with E-state index in [0.717, 1.165) is 21.4 Å². The second-order valence-electron chi connectivity index (χ2n) is 4.30. The van der Waals surface area contributed by atoms with E-state index in [-0.39, 0.29) is 0 Å². The number of nitrogens with two attached hydrogens (primary N) is 1. The number of nitrogen functional groups attached to an aromatic ring is 1. The number of aryl methyl sites for hydroxylation is 2. The maximum atomic E-state index is 5.92. The van der Waals surface area contributed by atoms with Crippen LogP contribution >= 0.6 is 15.9 Å². The van der Waals surface area contributed by atoms with E-state index in [0.29, 0.717) is 24.0 Å². The number of oxazole rings is 1. The Kier molecular flexibility index (Phi) is 2.78. The van der Waals surface area contributed by atoms with Crippen LogP contribution in [-0.4, -0.2) is 19.5 Å². The van der Waals surface area contributed by atoms with Crippen LogP contribution in [0.1, 0.15) is 17.3 Å². The molecule has 0 aliphatic carbocycles. The third kappa shape index (κ3) is 2.10. The number of hydrogen-bond acceptors (Lipinski definition) is 5. The number of aromatic nitrogens is 4. The van der Waals surface area contributed by atoms with Gasteiger partial charge in [-0.25, -0.2) is 15.0 Å². The first kappa shape index (κ1) is 12.2. The molecule has 0 spiro atoms. The highest BCUT2D eigenvalue weighted by Crippen LogP contribution is 2.21. The summed E-state index contributed by atoms with van der Waals surface area (Å²) in [6.07, 6.45) is 1.71. The molecule has 2 N–H and O–H groups in total. The van der Waals surface area contributed by atoms with E-state index >= 15 is 0 Å². The van der Waals surface area contributed by atoms with Gasteiger partial charge in [-0.05, 0) is 35.8 Å². The molecule has 3 aromatic heterocycles. The van der Waals surface area contributed by atoms with E-state index in [1.807, 2.05) is 19.9 Å². The maximum absolute atomic E-state index is 5.92. The fourth-order valence-electron chi connectivity index (χ4n) is 1.90. The smallest absolute Gasteiger partial charge is 0.214 e. The minimum absolute atomic E-state index is 0.397. The van der Waals surface area contributed by atoms with Crippen molar-refractivity contribution < 1.29 is 4.42 Å². The number of hydrogen-bond donors (Lipinski definition) is 1. The largest absolute Gasteiger partial charge is 0.444 e. The first-order valence-corrected chi connectivity index (χ1v) is 6.54. The molecule has 0 aromatic carbocycles. The third-order valence-corrected chi connectivity index (χ3v) is 3.38. The molecule has 7 heteroatoms. The summed E-state index contributed by atoms with van der Waals surface area (Å²) in [5, 5.41) is 0. The molecule has 0 unspecified atom stereocenters. The molecule has 0 aliphatic rings. The van der Waals surface area contributed by atoms with Crippen LogP contribution in [-0.2, 0) is 6.54 Å². The van der Waals surface area contributed by atoms with Gasteiger partial charge in [0.25, 0.3) is 0 Å². The van der Waals surface area contributed by atoms with Gasteiger partial charge in [-0.1, -0.05) is 0 Å². The zero-order valence-electron chi connectivity index (χ0n) is 10.5. The van der Waals surface area contributed by atoms with Crippen LogP contribution in [0.5, 0.6) is 0 Å². The molecule has 0 aliphatic heterocycles. The van der Waals surface area contributed by atoms with Gasteiger partial charge >= 0.3 is 0 Å². The molecular weight excluding hydrogens is 310 g/mol. The van der Waals surface area contributed by atoms with Gasteiger partial charge in [-0.3, -0.25) is 4.57 Å². The Morgan fingerprint density at radius 3 is 2.84 bits per heavy atom. The summed E-state index contributed by atoms with van der Waals surface area (Å²) in [7, 11) is 0. The molecule has 0 saturated heterocycles. The Balaban J connectivity index is 2.07. The van der Waals surface area contributed by atoms with Gasteiger partial charge in [-0.2, -0.15) is 0 Å². The molecule has 3 heterocycles. The number of nitrogens with zero attached hydrogens (tertiary/aromatic N) is 4. The Morgan fingerprint density at radius 2 is 2.16 bits per heavy atom. The van der Waals surface area contributed by atoms with Crippen molar-refractivity contribution in [2.45, 2.75) is 20.4 Å². The summed E-state index contributed by atoms with van der Waals surface area (Å²) >= 11 is 3.36. The predicted molar refractivity (Wildman–Crippen MR) is 74.7 cm³/mol. The van der Waals surface area contributed by atoms with Crippen LogP contribution < -0.4 is 5.73 Å². The monoisotopic (exact) mass is 321 g/mol. The van der Waals surface area contributed by atoms with E-state index in [9.17, 15) is 0 Å². The minimum atomic E-state index is 0.397. The van der Waals surface area contributed by atoms with Crippen molar-refractivity contribution in [3.05, 3.63) is 34.1 Å². The van der Waals surface area contributed by atoms with E-state index in [1.165, 1.54) is 0 Å². The first-order valence-electron chi connectivity index (χ1n) is 5.75. The summed E-state index contributed by atoms with van der Waals surface area (Å²) < 4.78 is 8.22. The van der Waals surface area contributed by atoms with Crippen LogP contribution in [0.2, 0.25) is 0 Å². The molecule has 0 fully saturated rings. The molecule has 3 aromatic rings. The van der Waals surface area contributed by atoms with Crippen LogP contribution in [0, 0.1) is 13.8 Å². The fraction of sp³-hybridized carbons (Fsp3) is 0.250. The van der Waals surface area contributed by atoms with Gasteiger partial charge in [0.2, 0.25) is 11.8 Å². The van der Waals surface area contributed by atoms with Crippen molar-refractivity contribution in [2.24, 2.45) is 0 Å².